The quantitative estimate of drug-likeness (QED) is 0.574. The van der Waals surface area contributed by atoms with Crippen molar-refractivity contribution >= 4 is 5.65 Å². The van der Waals surface area contributed by atoms with Gasteiger partial charge in [-0.3, -0.25) is 4.40 Å². The van der Waals surface area contributed by atoms with Gasteiger partial charge in [-0.2, -0.15) is 4.98 Å². The lowest BCUT2D eigenvalue weighted by Crippen LogP contribution is -1.96. The molecule has 1 aromatic carbocycles. The Kier molecular flexibility index (Phi) is 3.42. The average Bonchev–Trinajstić information content (AvgIpc) is 3.21. The van der Waals surface area contributed by atoms with Crippen LogP contribution in [-0.4, -0.2) is 24.7 Å². The molecule has 8 heteroatoms. The fraction of sp³-hybridized carbons (Fsp3) is 0.125. The molecule has 0 radical (unpaired) electrons. The summed E-state index contributed by atoms with van der Waals surface area (Å²) in [7, 11) is 0. The number of nitrogens with zero attached hydrogens (tertiary/aromatic N) is 5. The molecular formula is C16H12FN5O2. The first-order valence-electron chi connectivity index (χ1n) is 7.22. The molecule has 0 atom stereocenters. The van der Waals surface area contributed by atoms with E-state index in [1.54, 1.807) is 0 Å². The van der Waals surface area contributed by atoms with Crippen molar-refractivity contribution in [2.24, 2.45) is 0 Å². The third-order valence-electron chi connectivity index (χ3n) is 3.48. The summed E-state index contributed by atoms with van der Waals surface area (Å²) in [6.07, 6.45) is 1.85. The Balaban J connectivity index is 1.52. The van der Waals surface area contributed by atoms with Crippen LogP contribution in [0, 0.1) is 12.7 Å². The second-order valence-corrected chi connectivity index (χ2v) is 5.15. The summed E-state index contributed by atoms with van der Waals surface area (Å²) in [5.41, 5.74) is 1.53. The molecule has 7 nitrogen and oxygen atoms in total. The molecule has 0 bridgehead atoms. The van der Waals surface area contributed by atoms with E-state index in [-0.39, 0.29) is 12.4 Å². The molecule has 3 aromatic heterocycles. The number of hydrogen-bond donors (Lipinski definition) is 0. The first-order valence-corrected chi connectivity index (χ1v) is 7.22. The number of aryl methyl sites for hydroxylation is 1. The molecule has 4 rings (SSSR count). The molecule has 0 aliphatic rings. The second-order valence-electron chi connectivity index (χ2n) is 5.15. The highest BCUT2D eigenvalue weighted by atomic mass is 19.1. The summed E-state index contributed by atoms with van der Waals surface area (Å²) in [5.74, 6) is 1.76. The van der Waals surface area contributed by atoms with E-state index in [0.717, 1.165) is 17.0 Å². The van der Waals surface area contributed by atoms with E-state index in [1.165, 1.54) is 24.3 Å². The number of fused-ring (bicyclic) bond motifs is 1. The minimum atomic E-state index is -0.317. The molecule has 0 aliphatic carbocycles. The van der Waals surface area contributed by atoms with E-state index in [9.17, 15) is 4.39 Å². The summed E-state index contributed by atoms with van der Waals surface area (Å²) in [6.45, 7) is 1.97. The van der Waals surface area contributed by atoms with E-state index in [4.69, 9.17) is 9.26 Å². The van der Waals surface area contributed by atoms with Crippen LogP contribution in [0.15, 0.2) is 47.1 Å². The van der Waals surface area contributed by atoms with Gasteiger partial charge in [-0.1, -0.05) is 5.16 Å². The average molecular weight is 325 g/mol. The van der Waals surface area contributed by atoms with Gasteiger partial charge in [0.15, 0.2) is 12.3 Å². The third-order valence-corrected chi connectivity index (χ3v) is 3.48. The number of aromatic nitrogens is 5. The van der Waals surface area contributed by atoms with Gasteiger partial charge in [0.2, 0.25) is 5.82 Å². The Morgan fingerprint density at radius 1 is 1.12 bits per heavy atom. The number of rotatable bonds is 4. The van der Waals surface area contributed by atoms with Gasteiger partial charge in [0, 0.05) is 11.8 Å². The Bertz CT molecular complexity index is 993. The van der Waals surface area contributed by atoms with Crippen molar-refractivity contribution in [3.63, 3.8) is 0 Å². The molecule has 24 heavy (non-hydrogen) atoms. The molecule has 120 valence electrons. The van der Waals surface area contributed by atoms with Gasteiger partial charge in [-0.05, 0) is 43.3 Å². The normalized spacial score (nSPS) is 11.1. The SMILES string of the molecule is Cc1nnc2ccc(-c3noc(COc4ccc(F)cc4)n3)cn12. The second kappa shape index (κ2) is 5.73. The molecule has 0 unspecified atom stereocenters. The molecule has 0 N–H and O–H groups in total. The van der Waals surface area contributed by atoms with Crippen LogP contribution >= 0.6 is 0 Å². The van der Waals surface area contributed by atoms with Gasteiger partial charge in [-0.25, -0.2) is 4.39 Å². The molecule has 0 saturated carbocycles. The van der Waals surface area contributed by atoms with Gasteiger partial charge in [0.05, 0.1) is 0 Å². The molecule has 0 amide bonds. The monoisotopic (exact) mass is 325 g/mol. The van der Waals surface area contributed by atoms with E-state index >= 15 is 0 Å². The predicted octanol–water partition coefficient (Wildman–Crippen LogP) is 2.81. The third kappa shape index (κ3) is 2.69. The first kappa shape index (κ1) is 14.3. The van der Waals surface area contributed by atoms with E-state index in [1.807, 2.05) is 29.7 Å². The first-order chi connectivity index (χ1) is 11.7. The topological polar surface area (TPSA) is 78.3 Å². The standard InChI is InChI=1S/C16H12FN5O2/c1-10-19-20-14-7-2-11(8-22(10)14)16-18-15(24-21-16)9-23-13-5-3-12(17)4-6-13/h2-8H,9H2,1H3. The van der Waals surface area contributed by atoms with Crippen molar-refractivity contribution in [3.05, 3.63) is 60.1 Å². The molecule has 0 spiro atoms. The number of halogens is 1. The lowest BCUT2D eigenvalue weighted by atomic mass is 10.2. The van der Waals surface area contributed by atoms with Gasteiger partial charge in [-0.15, -0.1) is 10.2 Å². The van der Waals surface area contributed by atoms with Crippen molar-refractivity contribution < 1.29 is 13.7 Å². The van der Waals surface area contributed by atoms with Gasteiger partial charge in [0.1, 0.15) is 17.4 Å². The summed E-state index contributed by atoms with van der Waals surface area (Å²) in [4.78, 5) is 4.30. The van der Waals surface area contributed by atoms with Gasteiger partial charge < -0.3 is 9.26 Å². The molecule has 0 saturated heterocycles. The van der Waals surface area contributed by atoms with Crippen LogP contribution in [0.25, 0.3) is 17.0 Å². The maximum atomic E-state index is 12.8. The van der Waals surface area contributed by atoms with E-state index in [0.29, 0.717) is 17.5 Å². The van der Waals surface area contributed by atoms with Crippen LogP contribution in [0.3, 0.4) is 0 Å². The Labute approximate surface area is 135 Å². The highest BCUT2D eigenvalue weighted by Gasteiger charge is 2.11. The van der Waals surface area contributed by atoms with Crippen LogP contribution in [0.5, 0.6) is 5.75 Å². The van der Waals surface area contributed by atoms with Crippen molar-refractivity contribution in [1.29, 1.82) is 0 Å². The molecule has 0 aliphatic heterocycles. The van der Waals surface area contributed by atoms with Crippen molar-refractivity contribution in [2.45, 2.75) is 13.5 Å². The minimum absolute atomic E-state index is 0.104. The zero-order valence-electron chi connectivity index (χ0n) is 12.7. The summed E-state index contributed by atoms with van der Waals surface area (Å²) in [5, 5.41) is 12.0. The number of hydrogen-bond acceptors (Lipinski definition) is 6. The number of benzene rings is 1. The molecule has 4 aromatic rings. The van der Waals surface area contributed by atoms with Gasteiger partial charge in [0.25, 0.3) is 5.89 Å². The Morgan fingerprint density at radius 2 is 1.96 bits per heavy atom. The van der Waals surface area contributed by atoms with Crippen molar-refractivity contribution in [1.82, 2.24) is 24.7 Å². The van der Waals surface area contributed by atoms with Crippen LogP contribution in [-0.2, 0) is 6.61 Å². The predicted molar refractivity (Wildman–Crippen MR) is 81.7 cm³/mol. The smallest absolute Gasteiger partial charge is 0.264 e. The molecular weight excluding hydrogens is 313 g/mol. The summed E-state index contributed by atoms with van der Waals surface area (Å²) >= 11 is 0. The largest absolute Gasteiger partial charge is 0.484 e. The lowest BCUT2D eigenvalue weighted by Gasteiger charge is -2.01. The van der Waals surface area contributed by atoms with Crippen LogP contribution in [0.2, 0.25) is 0 Å². The Morgan fingerprint density at radius 3 is 2.79 bits per heavy atom. The van der Waals surface area contributed by atoms with E-state index in [2.05, 4.69) is 20.3 Å². The van der Waals surface area contributed by atoms with Crippen LogP contribution in [0.4, 0.5) is 4.39 Å². The maximum absolute atomic E-state index is 12.8. The van der Waals surface area contributed by atoms with Gasteiger partial charge >= 0.3 is 0 Å². The maximum Gasteiger partial charge on any atom is 0.264 e. The number of pyridine rings is 1. The Hall–Kier alpha value is -3.29. The number of ether oxygens (including phenoxy) is 1. The van der Waals surface area contributed by atoms with Crippen LogP contribution in [0.1, 0.15) is 11.7 Å². The highest BCUT2D eigenvalue weighted by molar-refractivity contribution is 5.56. The minimum Gasteiger partial charge on any atom is -0.484 e. The van der Waals surface area contributed by atoms with Crippen molar-refractivity contribution in [2.75, 3.05) is 0 Å². The fourth-order valence-corrected chi connectivity index (χ4v) is 2.24. The van der Waals surface area contributed by atoms with Crippen molar-refractivity contribution in [3.8, 4) is 17.1 Å². The van der Waals surface area contributed by atoms with E-state index < -0.39 is 0 Å². The fourth-order valence-electron chi connectivity index (χ4n) is 2.24. The summed E-state index contributed by atoms with van der Waals surface area (Å²) in [6, 6.07) is 9.40. The molecule has 0 fully saturated rings. The summed E-state index contributed by atoms with van der Waals surface area (Å²) < 4.78 is 25.4. The molecule has 3 heterocycles. The lowest BCUT2D eigenvalue weighted by molar-refractivity contribution is 0.242. The van der Waals surface area contributed by atoms with Crippen LogP contribution < -0.4 is 4.74 Å². The zero-order valence-corrected chi connectivity index (χ0v) is 12.7. The zero-order chi connectivity index (χ0) is 16.5. The highest BCUT2D eigenvalue weighted by Crippen LogP contribution is 2.18.